The lowest BCUT2D eigenvalue weighted by molar-refractivity contribution is 1.18. The van der Waals surface area contributed by atoms with Crippen LogP contribution in [0.4, 0.5) is 0 Å². The maximum atomic E-state index is 3.84. The molecular weight excluding hydrogens is 172 g/mol. The molecule has 0 spiro atoms. The summed E-state index contributed by atoms with van der Waals surface area (Å²) in [6.45, 7) is 9.11. The summed E-state index contributed by atoms with van der Waals surface area (Å²) < 4.78 is 0. The highest BCUT2D eigenvalue weighted by Gasteiger charge is 1.76. The third kappa shape index (κ3) is 8.27. The minimum absolute atomic E-state index is 0.926. The van der Waals surface area contributed by atoms with E-state index >= 15 is 0 Å². The van der Waals surface area contributed by atoms with Crippen molar-refractivity contribution in [1.29, 1.82) is 0 Å². The van der Waals surface area contributed by atoms with Gasteiger partial charge in [0.15, 0.2) is 0 Å². The normalized spacial score (nSPS) is 12.1. The quantitative estimate of drug-likeness (QED) is 0.503. The Bertz CT molecular complexity index is 281. The van der Waals surface area contributed by atoms with E-state index in [0.717, 1.165) is 5.57 Å². The second-order valence-corrected chi connectivity index (χ2v) is 2.46. The van der Waals surface area contributed by atoms with E-state index in [1.807, 2.05) is 37.3 Å². The van der Waals surface area contributed by atoms with Crippen molar-refractivity contribution in [3.63, 3.8) is 0 Å². The molecule has 0 saturated carbocycles. The molecule has 0 aromatic carbocycles. The van der Waals surface area contributed by atoms with Crippen molar-refractivity contribution in [3.05, 3.63) is 61.1 Å². The van der Waals surface area contributed by atoms with E-state index in [2.05, 4.69) is 23.6 Å². The van der Waals surface area contributed by atoms with E-state index in [4.69, 9.17) is 0 Å². The van der Waals surface area contributed by atoms with E-state index in [9.17, 15) is 0 Å². The van der Waals surface area contributed by atoms with Crippen molar-refractivity contribution in [2.24, 2.45) is 4.99 Å². The average Bonchev–Trinajstić information content (AvgIpc) is 2.18. The lowest BCUT2D eigenvalue weighted by Crippen LogP contribution is -1.90. The molecule has 0 amide bonds. The summed E-state index contributed by atoms with van der Waals surface area (Å²) in [6.07, 6.45) is 14.7. The molecule has 0 aliphatic rings. The number of aliphatic imine (C=N–C) groups is 1. The highest BCUT2D eigenvalue weighted by atomic mass is 14.8. The number of hydrogen-bond acceptors (Lipinski definition) is 2. The molecule has 0 atom stereocenters. The standard InChI is InChI=1S/C12H16N2/c1-4-5-6-7-12(2)8-9-14-11-10-13-3/h4-11,14H,2-3H2,1H3/b5-4-,7-6-,9-8-,11-10-. The zero-order chi connectivity index (χ0) is 10.6. The van der Waals surface area contributed by atoms with Crippen LogP contribution in [-0.2, 0) is 0 Å². The second kappa shape index (κ2) is 9.26. The first-order valence-corrected chi connectivity index (χ1v) is 4.33. The minimum Gasteiger partial charge on any atom is -0.366 e. The Morgan fingerprint density at radius 1 is 1.21 bits per heavy atom. The molecule has 2 heteroatoms. The van der Waals surface area contributed by atoms with Gasteiger partial charge in [0, 0.05) is 18.6 Å². The van der Waals surface area contributed by atoms with Crippen LogP contribution in [0.3, 0.4) is 0 Å². The van der Waals surface area contributed by atoms with Crippen LogP contribution in [0.15, 0.2) is 66.1 Å². The van der Waals surface area contributed by atoms with Crippen LogP contribution in [0.25, 0.3) is 0 Å². The highest BCUT2D eigenvalue weighted by molar-refractivity contribution is 5.29. The molecule has 2 nitrogen and oxygen atoms in total. The number of hydrogen-bond donors (Lipinski definition) is 1. The fraction of sp³-hybridized carbons (Fsp3) is 0.0833. The zero-order valence-electron chi connectivity index (χ0n) is 8.48. The van der Waals surface area contributed by atoms with E-state index in [-0.39, 0.29) is 0 Å². The number of nitrogens with zero attached hydrogens (tertiary/aromatic N) is 1. The predicted molar refractivity (Wildman–Crippen MR) is 64.1 cm³/mol. The first kappa shape index (κ1) is 12.2. The third-order valence-corrected chi connectivity index (χ3v) is 1.28. The first-order valence-electron chi connectivity index (χ1n) is 4.33. The average molecular weight is 188 g/mol. The molecule has 0 aromatic rings. The van der Waals surface area contributed by atoms with Crippen LogP contribution in [0.5, 0.6) is 0 Å². The van der Waals surface area contributed by atoms with Gasteiger partial charge < -0.3 is 5.32 Å². The van der Waals surface area contributed by atoms with Crippen molar-refractivity contribution in [3.8, 4) is 0 Å². The molecule has 0 aliphatic carbocycles. The number of allylic oxidation sites excluding steroid dienone is 6. The molecule has 0 radical (unpaired) electrons. The van der Waals surface area contributed by atoms with E-state index in [1.165, 1.54) is 0 Å². The summed E-state index contributed by atoms with van der Waals surface area (Å²) in [5.41, 5.74) is 0.926. The minimum atomic E-state index is 0.926. The van der Waals surface area contributed by atoms with Gasteiger partial charge in [0.1, 0.15) is 0 Å². The zero-order valence-corrected chi connectivity index (χ0v) is 8.48. The monoisotopic (exact) mass is 188 g/mol. The highest BCUT2D eigenvalue weighted by Crippen LogP contribution is 1.94. The fourth-order valence-electron chi connectivity index (χ4n) is 0.652. The largest absolute Gasteiger partial charge is 0.366 e. The van der Waals surface area contributed by atoms with Crippen LogP contribution in [-0.4, -0.2) is 6.72 Å². The Kier molecular flexibility index (Phi) is 8.05. The SMILES string of the molecule is C=N/C=C\N/C=C\C(=C)/C=C\C=C/C. The fourth-order valence-corrected chi connectivity index (χ4v) is 0.652. The van der Waals surface area contributed by atoms with Gasteiger partial charge in [-0.25, -0.2) is 0 Å². The molecule has 0 aromatic heterocycles. The van der Waals surface area contributed by atoms with Gasteiger partial charge in [-0.05, 0) is 25.3 Å². The van der Waals surface area contributed by atoms with Crippen LogP contribution in [0.1, 0.15) is 6.92 Å². The summed E-state index contributed by atoms with van der Waals surface area (Å²) >= 11 is 0. The Labute approximate surface area is 85.8 Å². The molecule has 0 unspecified atom stereocenters. The van der Waals surface area contributed by atoms with Crippen LogP contribution >= 0.6 is 0 Å². The van der Waals surface area contributed by atoms with Gasteiger partial charge in [0.25, 0.3) is 0 Å². The topological polar surface area (TPSA) is 24.4 Å². The lowest BCUT2D eigenvalue weighted by atomic mass is 10.2. The van der Waals surface area contributed by atoms with Gasteiger partial charge in [0.05, 0.1) is 0 Å². The molecule has 0 heterocycles. The van der Waals surface area contributed by atoms with Crippen molar-refractivity contribution < 1.29 is 0 Å². The van der Waals surface area contributed by atoms with Gasteiger partial charge in [-0.2, -0.15) is 0 Å². The predicted octanol–water partition coefficient (Wildman–Crippen LogP) is 2.95. The van der Waals surface area contributed by atoms with E-state index in [0.29, 0.717) is 0 Å². The Balaban J connectivity index is 3.82. The van der Waals surface area contributed by atoms with Crippen LogP contribution < -0.4 is 5.32 Å². The van der Waals surface area contributed by atoms with Gasteiger partial charge in [0.2, 0.25) is 0 Å². The second-order valence-electron chi connectivity index (χ2n) is 2.46. The Morgan fingerprint density at radius 3 is 2.64 bits per heavy atom. The molecule has 0 aliphatic heterocycles. The molecule has 0 fully saturated rings. The molecule has 0 rings (SSSR count). The van der Waals surface area contributed by atoms with E-state index < -0.39 is 0 Å². The Morgan fingerprint density at radius 2 is 2.00 bits per heavy atom. The summed E-state index contributed by atoms with van der Waals surface area (Å²) in [6, 6.07) is 0. The third-order valence-electron chi connectivity index (χ3n) is 1.28. The van der Waals surface area contributed by atoms with Crippen molar-refractivity contribution in [1.82, 2.24) is 5.32 Å². The number of nitrogens with one attached hydrogen (secondary N) is 1. The van der Waals surface area contributed by atoms with Crippen LogP contribution in [0.2, 0.25) is 0 Å². The number of rotatable bonds is 6. The summed E-state index contributed by atoms with van der Waals surface area (Å²) in [5.74, 6) is 0. The lowest BCUT2D eigenvalue weighted by Gasteiger charge is -1.89. The molecule has 0 bridgehead atoms. The van der Waals surface area contributed by atoms with Gasteiger partial charge >= 0.3 is 0 Å². The molecule has 0 saturated heterocycles. The van der Waals surface area contributed by atoms with Gasteiger partial charge in [-0.15, -0.1) is 0 Å². The van der Waals surface area contributed by atoms with Crippen LogP contribution in [0, 0.1) is 0 Å². The molecule has 74 valence electrons. The summed E-state index contributed by atoms with van der Waals surface area (Å²) in [7, 11) is 0. The maximum absolute atomic E-state index is 3.84. The van der Waals surface area contributed by atoms with Gasteiger partial charge in [-0.3, -0.25) is 4.99 Å². The molecule has 14 heavy (non-hydrogen) atoms. The Hall–Kier alpha value is -1.83. The van der Waals surface area contributed by atoms with Crippen molar-refractivity contribution in [2.45, 2.75) is 6.92 Å². The maximum Gasteiger partial charge on any atom is 0.0420 e. The smallest absolute Gasteiger partial charge is 0.0420 e. The van der Waals surface area contributed by atoms with Crippen molar-refractivity contribution >= 4 is 6.72 Å². The molecular formula is C12H16N2. The summed E-state index contributed by atoms with van der Waals surface area (Å²) in [5, 5.41) is 2.90. The summed E-state index contributed by atoms with van der Waals surface area (Å²) in [4.78, 5) is 3.54. The van der Waals surface area contributed by atoms with E-state index in [1.54, 1.807) is 18.6 Å². The van der Waals surface area contributed by atoms with Gasteiger partial charge in [-0.1, -0.05) is 30.9 Å². The van der Waals surface area contributed by atoms with Crippen molar-refractivity contribution in [2.75, 3.05) is 0 Å². The molecule has 1 N–H and O–H groups in total. The first-order chi connectivity index (χ1) is 6.81.